The maximum atomic E-state index is 11.9. The van der Waals surface area contributed by atoms with E-state index >= 15 is 0 Å². The number of nitrogens with zero attached hydrogens (tertiary/aromatic N) is 2. The third-order valence-corrected chi connectivity index (χ3v) is 4.18. The van der Waals surface area contributed by atoms with Crippen LogP contribution in [0.1, 0.15) is 13.8 Å². The summed E-state index contributed by atoms with van der Waals surface area (Å²) in [6, 6.07) is 7.47. The molecule has 6 nitrogen and oxygen atoms in total. The number of hydrogen-bond acceptors (Lipinski definition) is 6. The highest BCUT2D eigenvalue weighted by molar-refractivity contribution is 5.87. The minimum absolute atomic E-state index is 0.268. The number of anilines is 2. The van der Waals surface area contributed by atoms with Crippen molar-refractivity contribution in [2.75, 3.05) is 43.6 Å². The molecule has 0 aromatic heterocycles. The molecule has 2 aromatic carbocycles. The van der Waals surface area contributed by atoms with E-state index in [0.29, 0.717) is 23.4 Å². The Labute approximate surface area is 153 Å². The van der Waals surface area contributed by atoms with E-state index in [4.69, 9.17) is 4.74 Å². The summed E-state index contributed by atoms with van der Waals surface area (Å²) in [5.41, 5.74) is 2.08. The molecule has 0 spiro atoms. The van der Waals surface area contributed by atoms with Gasteiger partial charge in [0, 0.05) is 31.9 Å². The molecule has 0 unspecified atom stereocenters. The predicted octanol–water partition coefficient (Wildman–Crippen LogP) is 1.96. The van der Waals surface area contributed by atoms with Crippen molar-refractivity contribution in [2.45, 2.75) is 13.8 Å². The molecule has 0 aliphatic carbocycles. The van der Waals surface area contributed by atoms with Crippen molar-refractivity contribution in [2.24, 2.45) is 0 Å². The van der Waals surface area contributed by atoms with Gasteiger partial charge in [-0.1, -0.05) is 18.7 Å². The van der Waals surface area contributed by atoms with E-state index in [9.17, 15) is 14.4 Å². The summed E-state index contributed by atoms with van der Waals surface area (Å²) in [6.07, 6.45) is 0. The molecular formula is C20H24N2O4. The van der Waals surface area contributed by atoms with E-state index in [1.54, 1.807) is 25.9 Å². The van der Waals surface area contributed by atoms with Crippen molar-refractivity contribution in [3.05, 3.63) is 56.9 Å². The fourth-order valence-corrected chi connectivity index (χ4v) is 2.75. The van der Waals surface area contributed by atoms with Gasteiger partial charge in [0.2, 0.25) is 10.9 Å². The molecule has 138 valence electrons. The lowest BCUT2D eigenvalue weighted by molar-refractivity contribution is -0.138. The molecule has 2 rings (SSSR count). The lowest BCUT2D eigenvalue weighted by Gasteiger charge is -2.24. The number of carbonyl (C=O) groups excluding carboxylic acids is 1. The van der Waals surface area contributed by atoms with Crippen LogP contribution in [0.5, 0.6) is 0 Å². The Hall–Kier alpha value is -2.89. The largest absolute Gasteiger partial charge is 0.460 e. The van der Waals surface area contributed by atoms with Crippen LogP contribution < -0.4 is 20.7 Å². The minimum Gasteiger partial charge on any atom is -0.460 e. The standard InChI is InChI=1S/C20H24N2O4/c1-6-22(11-12-26-20(25)13(2)3)15-9-7-14(8-10-15)16-17(21(4)5)19(24)18(16)23/h7-10H,2,6,11-12H2,1,3-5H3. The first-order chi connectivity index (χ1) is 12.3. The first-order valence-electron chi connectivity index (χ1n) is 8.46. The third-order valence-electron chi connectivity index (χ3n) is 4.18. The first kappa shape index (κ1) is 19.4. The van der Waals surface area contributed by atoms with Crippen LogP contribution in [-0.2, 0) is 9.53 Å². The van der Waals surface area contributed by atoms with E-state index in [-0.39, 0.29) is 6.61 Å². The Morgan fingerprint density at radius 1 is 1.12 bits per heavy atom. The van der Waals surface area contributed by atoms with Gasteiger partial charge in [0.05, 0.1) is 12.1 Å². The number of likely N-dealkylation sites (N-methyl/N-ethyl adjacent to an activating group) is 1. The lowest BCUT2D eigenvalue weighted by atomic mass is 9.97. The van der Waals surface area contributed by atoms with Crippen molar-refractivity contribution in [1.82, 2.24) is 0 Å². The molecule has 0 saturated heterocycles. The minimum atomic E-state index is -0.444. The molecular weight excluding hydrogens is 332 g/mol. The van der Waals surface area contributed by atoms with Gasteiger partial charge in [-0.3, -0.25) is 9.59 Å². The SMILES string of the molecule is C=C(C)C(=O)OCCN(CC)c1ccc(-c2c(N(C)C)c(=O)c2=O)cc1. The summed E-state index contributed by atoms with van der Waals surface area (Å²) >= 11 is 0. The molecule has 2 aromatic rings. The Kier molecular flexibility index (Phi) is 5.97. The first-order valence-corrected chi connectivity index (χ1v) is 8.46. The summed E-state index contributed by atoms with van der Waals surface area (Å²) in [7, 11) is 3.50. The molecule has 0 amide bonds. The van der Waals surface area contributed by atoms with Crippen LogP contribution in [-0.4, -0.2) is 39.8 Å². The zero-order valence-electron chi connectivity index (χ0n) is 15.7. The van der Waals surface area contributed by atoms with Crippen LogP contribution in [0.2, 0.25) is 0 Å². The number of hydrogen-bond donors (Lipinski definition) is 0. The van der Waals surface area contributed by atoms with Crippen molar-refractivity contribution in [1.29, 1.82) is 0 Å². The highest BCUT2D eigenvalue weighted by Gasteiger charge is 2.23. The van der Waals surface area contributed by atoms with Gasteiger partial charge in [-0.25, -0.2) is 4.79 Å². The number of benzene rings is 1. The van der Waals surface area contributed by atoms with Gasteiger partial charge in [-0.05, 0) is 31.5 Å². The van der Waals surface area contributed by atoms with Gasteiger partial charge < -0.3 is 14.5 Å². The van der Waals surface area contributed by atoms with Crippen LogP contribution >= 0.6 is 0 Å². The topological polar surface area (TPSA) is 66.9 Å². The zero-order valence-corrected chi connectivity index (χ0v) is 15.7. The molecule has 0 saturated carbocycles. The lowest BCUT2D eigenvalue weighted by Crippen LogP contribution is -2.39. The number of ether oxygens (including phenoxy) is 1. The van der Waals surface area contributed by atoms with Gasteiger partial charge in [-0.2, -0.15) is 0 Å². The Morgan fingerprint density at radius 3 is 2.23 bits per heavy atom. The van der Waals surface area contributed by atoms with Crippen LogP contribution in [0.15, 0.2) is 46.0 Å². The average Bonchev–Trinajstić information content (AvgIpc) is 2.62. The van der Waals surface area contributed by atoms with E-state index in [1.165, 1.54) is 0 Å². The quantitative estimate of drug-likeness (QED) is 0.409. The van der Waals surface area contributed by atoms with Gasteiger partial charge in [0.1, 0.15) is 12.3 Å². The van der Waals surface area contributed by atoms with Crippen molar-refractivity contribution in [3.63, 3.8) is 0 Å². The van der Waals surface area contributed by atoms with Gasteiger partial charge in [0.25, 0.3) is 0 Å². The summed E-state index contributed by atoms with van der Waals surface area (Å²) < 4.78 is 5.14. The Bertz CT molecular complexity index is 874. The third kappa shape index (κ3) is 3.85. The molecule has 0 heterocycles. The van der Waals surface area contributed by atoms with Crippen LogP contribution in [0.3, 0.4) is 0 Å². The molecule has 0 bridgehead atoms. The Morgan fingerprint density at radius 2 is 1.73 bits per heavy atom. The summed E-state index contributed by atoms with van der Waals surface area (Å²) in [5.74, 6) is -0.396. The van der Waals surface area contributed by atoms with Crippen LogP contribution in [0, 0.1) is 0 Å². The van der Waals surface area contributed by atoms with Crippen molar-refractivity contribution >= 4 is 17.3 Å². The Balaban J connectivity index is 2.12. The van der Waals surface area contributed by atoms with Crippen molar-refractivity contribution < 1.29 is 9.53 Å². The summed E-state index contributed by atoms with van der Waals surface area (Å²) in [4.78, 5) is 38.8. The molecule has 0 radical (unpaired) electrons. The molecule has 0 aliphatic rings. The smallest absolute Gasteiger partial charge is 0.333 e. The molecule has 26 heavy (non-hydrogen) atoms. The molecule has 0 fully saturated rings. The highest BCUT2D eigenvalue weighted by atomic mass is 16.5. The van der Waals surface area contributed by atoms with Gasteiger partial charge >= 0.3 is 5.97 Å². The van der Waals surface area contributed by atoms with E-state index < -0.39 is 16.8 Å². The van der Waals surface area contributed by atoms with Gasteiger partial charge in [0.15, 0.2) is 0 Å². The predicted molar refractivity (Wildman–Crippen MR) is 105 cm³/mol. The van der Waals surface area contributed by atoms with E-state index in [2.05, 4.69) is 11.5 Å². The molecule has 0 aliphatic heterocycles. The zero-order chi connectivity index (χ0) is 19.4. The number of carbonyl (C=O) groups is 1. The maximum absolute atomic E-state index is 11.9. The number of rotatable bonds is 8. The van der Waals surface area contributed by atoms with E-state index in [0.717, 1.165) is 17.8 Å². The van der Waals surface area contributed by atoms with Gasteiger partial charge in [-0.15, -0.1) is 0 Å². The van der Waals surface area contributed by atoms with Crippen molar-refractivity contribution in [3.8, 4) is 11.1 Å². The van der Waals surface area contributed by atoms with Crippen LogP contribution in [0.4, 0.5) is 11.4 Å². The summed E-state index contributed by atoms with van der Waals surface area (Å²) in [6.45, 7) is 8.74. The number of esters is 1. The average molecular weight is 356 g/mol. The second-order valence-electron chi connectivity index (χ2n) is 6.32. The fourth-order valence-electron chi connectivity index (χ4n) is 2.75. The second kappa shape index (κ2) is 7.99. The summed E-state index contributed by atoms with van der Waals surface area (Å²) in [5, 5.41) is 0. The fraction of sp³-hybridized carbons (Fsp3) is 0.350. The monoisotopic (exact) mass is 356 g/mol. The molecule has 6 heteroatoms. The van der Waals surface area contributed by atoms with Crippen LogP contribution in [0.25, 0.3) is 11.1 Å². The normalized spacial score (nSPS) is 10.6. The highest BCUT2D eigenvalue weighted by Crippen LogP contribution is 2.27. The van der Waals surface area contributed by atoms with E-state index in [1.807, 2.05) is 31.2 Å². The molecule has 0 N–H and O–H groups in total. The molecule has 0 atom stereocenters. The maximum Gasteiger partial charge on any atom is 0.333 e. The second-order valence-corrected chi connectivity index (χ2v) is 6.32.